The number of hydrogen-bond donors (Lipinski definition) is 2. The Kier molecular flexibility index (Phi) is 5.17. The molecule has 2 aromatic carbocycles. The highest BCUT2D eigenvalue weighted by Crippen LogP contribution is 2.38. The van der Waals surface area contributed by atoms with Gasteiger partial charge in [0.1, 0.15) is 5.76 Å². The van der Waals surface area contributed by atoms with Crippen molar-refractivity contribution in [1.82, 2.24) is 20.0 Å². The van der Waals surface area contributed by atoms with Crippen molar-refractivity contribution in [3.8, 4) is 22.3 Å². The predicted molar refractivity (Wildman–Crippen MR) is 129 cm³/mol. The number of aryl methyl sites for hydroxylation is 2. The summed E-state index contributed by atoms with van der Waals surface area (Å²) in [5.41, 5.74) is 13.5. The Morgan fingerprint density at radius 3 is 2.52 bits per heavy atom. The third kappa shape index (κ3) is 3.66. The summed E-state index contributed by atoms with van der Waals surface area (Å²) in [6.45, 7) is 9.61. The van der Waals surface area contributed by atoms with Gasteiger partial charge >= 0.3 is 0 Å². The molecule has 33 heavy (non-hydrogen) atoms. The van der Waals surface area contributed by atoms with E-state index in [1.54, 1.807) is 6.07 Å². The maximum atomic E-state index is 12.0. The van der Waals surface area contributed by atoms with Gasteiger partial charge in [-0.1, -0.05) is 17.3 Å². The normalized spacial score (nSPS) is 14.8. The van der Waals surface area contributed by atoms with Gasteiger partial charge in [0.2, 0.25) is 11.9 Å². The highest BCUT2D eigenvalue weighted by molar-refractivity contribution is 6.01. The zero-order valence-corrected chi connectivity index (χ0v) is 19.4. The Morgan fingerprint density at radius 2 is 1.85 bits per heavy atom. The monoisotopic (exact) mass is 444 g/mol. The van der Waals surface area contributed by atoms with E-state index in [1.165, 1.54) is 0 Å². The number of H-pyrrole nitrogens is 1. The number of aromatic nitrogens is 3. The number of primary amides is 1. The topological polar surface area (TPSA) is 104 Å². The van der Waals surface area contributed by atoms with Crippen molar-refractivity contribution in [2.45, 2.75) is 20.8 Å². The summed E-state index contributed by atoms with van der Waals surface area (Å²) in [7, 11) is 2.14. The van der Waals surface area contributed by atoms with Crippen molar-refractivity contribution >= 4 is 22.9 Å². The third-order valence-electron chi connectivity index (χ3n) is 6.59. The van der Waals surface area contributed by atoms with Crippen LogP contribution in [0.2, 0.25) is 0 Å². The Labute approximate surface area is 192 Å². The number of nitrogens with one attached hydrogen (secondary N) is 1. The molecule has 0 atom stereocenters. The molecule has 170 valence electrons. The van der Waals surface area contributed by atoms with Crippen molar-refractivity contribution in [3.63, 3.8) is 0 Å². The minimum atomic E-state index is -0.437. The number of amides is 1. The number of rotatable bonds is 4. The molecule has 1 saturated heterocycles. The van der Waals surface area contributed by atoms with Gasteiger partial charge in [0.05, 0.1) is 16.7 Å². The smallest absolute Gasteiger partial charge is 0.248 e. The number of benzene rings is 2. The van der Waals surface area contributed by atoms with Crippen LogP contribution >= 0.6 is 0 Å². The molecule has 0 bridgehead atoms. The second kappa shape index (κ2) is 8.04. The van der Waals surface area contributed by atoms with Crippen LogP contribution < -0.4 is 10.6 Å². The minimum Gasteiger partial charge on any atom is -0.366 e. The highest BCUT2D eigenvalue weighted by Gasteiger charge is 2.22. The van der Waals surface area contributed by atoms with Gasteiger partial charge in [0.15, 0.2) is 0 Å². The van der Waals surface area contributed by atoms with E-state index >= 15 is 0 Å². The molecule has 0 unspecified atom stereocenters. The SMILES string of the molecule is Cc1noc(C)c1-c1cc(-c2cccc(C(N)=O)c2C)c2nc(N3CCN(C)CC3)[nH]c2c1. The standard InChI is InChI=1S/C25H28N6O2/c1-14-18(6-5-7-19(14)24(26)32)20-12-17(22-15(2)29-33-16(22)3)13-21-23(20)28-25(27-21)31-10-8-30(4)9-11-31/h5-7,12-13H,8-11H2,1-4H3,(H2,26,32)(H,27,28). The molecule has 0 radical (unpaired) electrons. The molecule has 3 N–H and O–H groups in total. The van der Waals surface area contributed by atoms with E-state index in [9.17, 15) is 4.79 Å². The first-order valence-corrected chi connectivity index (χ1v) is 11.1. The Morgan fingerprint density at radius 1 is 1.09 bits per heavy atom. The zero-order valence-electron chi connectivity index (χ0n) is 19.4. The summed E-state index contributed by atoms with van der Waals surface area (Å²) in [5, 5.41) is 4.14. The van der Waals surface area contributed by atoms with Crippen LogP contribution in [-0.2, 0) is 0 Å². The first-order chi connectivity index (χ1) is 15.8. The molecular weight excluding hydrogens is 416 g/mol. The fourth-order valence-corrected chi connectivity index (χ4v) is 4.71. The fourth-order valence-electron chi connectivity index (χ4n) is 4.71. The van der Waals surface area contributed by atoms with Crippen LogP contribution in [0, 0.1) is 20.8 Å². The molecule has 0 spiro atoms. The molecule has 1 aliphatic rings. The molecule has 0 saturated carbocycles. The lowest BCUT2D eigenvalue weighted by atomic mass is 9.92. The first-order valence-electron chi connectivity index (χ1n) is 11.1. The number of imidazole rings is 1. The van der Waals surface area contributed by atoms with E-state index in [0.29, 0.717) is 5.56 Å². The zero-order chi connectivity index (χ0) is 23.3. The maximum Gasteiger partial charge on any atom is 0.248 e. The molecule has 5 rings (SSSR count). The lowest BCUT2D eigenvalue weighted by Crippen LogP contribution is -2.44. The van der Waals surface area contributed by atoms with Crippen LogP contribution in [0.3, 0.4) is 0 Å². The van der Waals surface area contributed by atoms with E-state index in [0.717, 1.165) is 82.4 Å². The van der Waals surface area contributed by atoms with Gasteiger partial charge in [-0.3, -0.25) is 4.79 Å². The van der Waals surface area contributed by atoms with Crippen LogP contribution in [0.5, 0.6) is 0 Å². The largest absolute Gasteiger partial charge is 0.366 e. The molecule has 8 nitrogen and oxygen atoms in total. The summed E-state index contributed by atoms with van der Waals surface area (Å²) in [6, 6.07) is 9.85. The molecule has 1 amide bonds. The van der Waals surface area contributed by atoms with Gasteiger partial charge in [-0.15, -0.1) is 0 Å². The number of fused-ring (bicyclic) bond motifs is 1. The number of carbonyl (C=O) groups is 1. The van der Waals surface area contributed by atoms with E-state index in [1.807, 2.05) is 32.9 Å². The van der Waals surface area contributed by atoms with Crippen molar-refractivity contribution < 1.29 is 9.32 Å². The Bertz CT molecular complexity index is 1340. The van der Waals surface area contributed by atoms with Crippen molar-refractivity contribution in [1.29, 1.82) is 0 Å². The molecule has 0 aliphatic carbocycles. The number of hydrogen-bond acceptors (Lipinski definition) is 6. The van der Waals surface area contributed by atoms with Crippen molar-refractivity contribution in [3.05, 3.63) is 52.9 Å². The first kappa shape index (κ1) is 21.2. The lowest BCUT2D eigenvalue weighted by Gasteiger charge is -2.32. The number of nitrogens with zero attached hydrogens (tertiary/aromatic N) is 4. The number of likely N-dealkylation sites (N-methyl/N-ethyl adjacent to an activating group) is 1. The van der Waals surface area contributed by atoms with E-state index in [2.05, 4.69) is 39.1 Å². The Balaban J connectivity index is 1.74. The molecule has 1 fully saturated rings. The van der Waals surface area contributed by atoms with Gasteiger partial charge in [-0.2, -0.15) is 0 Å². The van der Waals surface area contributed by atoms with Crippen LogP contribution in [0.15, 0.2) is 34.9 Å². The van der Waals surface area contributed by atoms with Crippen LogP contribution in [0.25, 0.3) is 33.3 Å². The van der Waals surface area contributed by atoms with Gasteiger partial charge < -0.3 is 25.0 Å². The minimum absolute atomic E-state index is 0.437. The quantitative estimate of drug-likeness (QED) is 0.498. The molecule has 8 heteroatoms. The highest BCUT2D eigenvalue weighted by atomic mass is 16.5. The molecule has 3 heterocycles. The fraction of sp³-hybridized carbons (Fsp3) is 0.320. The predicted octanol–water partition coefficient (Wildman–Crippen LogP) is 3.66. The number of piperazine rings is 1. The number of carbonyl (C=O) groups excluding carboxylic acids is 1. The van der Waals surface area contributed by atoms with E-state index < -0.39 is 5.91 Å². The number of aromatic amines is 1. The van der Waals surface area contributed by atoms with Crippen LogP contribution in [0.4, 0.5) is 5.95 Å². The second-order valence-corrected chi connectivity index (χ2v) is 8.81. The van der Waals surface area contributed by atoms with Crippen molar-refractivity contribution in [2.75, 3.05) is 38.1 Å². The maximum absolute atomic E-state index is 12.0. The lowest BCUT2D eigenvalue weighted by molar-refractivity contribution is 0.0999. The molecular formula is C25H28N6O2. The summed E-state index contributed by atoms with van der Waals surface area (Å²) in [6.07, 6.45) is 0. The third-order valence-corrected chi connectivity index (χ3v) is 6.59. The van der Waals surface area contributed by atoms with Gasteiger partial charge in [0, 0.05) is 42.9 Å². The van der Waals surface area contributed by atoms with E-state index in [4.69, 9.17) is 15.2 Å². The molecule has 2 aromatic heterocycles. The Hall–Kier alpha value is -3.65. The van der Waals surface area contributed by atoms with Crippen molar-refractivity contribution in [2.24, 2.45) is 5.73 Å². The van der Waals surface area contributed by atoms with Gasteiger partial charge in [-0.05, 0) is 62.7 Å². The number of nitrogens with two attached hydrogens (primary N) is 1. The van der Waals surface area contributed by atoms with E-state index in [-0.39, 0.29) is 0 Å². The summed E-state index contributed by atoms with van der Waals surface area (Å²) in [4.78, 5) is 25.2. The van der Waals surface area contributed by atoms with Crippen LogP contribution in [-0.4, -0.2) is 59.2 Å². The average molecular weight is 445 g/mol. The van der Waals surface area contributed by atoms with Gasteiger partial charge in [-0.25, -0.2) is 4.98 Å². The van der Waals surface area contributed by atoms with Gasteiger partial charge in [0.25, 0.3) is 0 Å². The molecule has 1 aliphatic heterocycles. The summed E-state index contributed by atoms with van der Waals surface area (Å²) in [5.74, 6) is 1.19. The van der Waals surface area contributed by atoms with Crippen LogP contribution in [0.1, 0.15) is 27.4 Å². The average Bonchev–Trinajstić information content (AvgIpc) is 3.36. The summed E-state index contributed by atoms with van der Waals surface area (Å²) < 4.78 is 5.44. The number of anilines is 1. The molecule has 4 aromatic rings. The summed E-state index contributed by atoms with van der Waals surface area (Å²) >= 11 is 0. The second-order valence-electron chi connectivity index (χ2n) is 8.81.